The monoisotopic (exact) mass is 274 g/mol. The molecule has 110 valence electrons. The predicted octanol–water partition coefficient (Wildman–Crippen LogP) is 3.10. The molecule has 2 heterocycles. The first-order chi connectivity index (χ1) is 9.86. The quantitative estimate of drug-likeness (QED) is 0.838. The lowest BCUT2D eigenvalue weighted by Gasteiger charge is -2.33. The molecule has 0 amide bonds. The number of nitrogens with one attached hydrogen (secondary N) is 1. The fourth-order valence-electron chi connectivity index (χ4n) is 3.65. The van der Waals surface area contributed by atoms with Crippen molar-refractivity contribution in [2.45, 2.75) is 63.1 Å². The van der Waals surface area contributed by atoms with Crippen LogP contribution in [0.3, 0.4) is 0 Å². The third-order valence-corrected chi connectivity index (χ3v) is 4.82. The zero-order valence-corrected chi connectivity index (χ0v) is 12.3. The Kier molecular flexibility index (Phi) is 4.69. The van der Waals surface area contributed by atoms with Gasteiger partial charge in [0.15, 0.2) is 0 Å². The Morgan fingerprint density at radius 3 is 2.75 bits per heavy atom. The summed E-state index contributed by atoms with van der Waals surface area (Å²) in [5.41, 5.74) is 1.61. The Morgan fingerprint density at radius 2 is 1.95 bits per heavy atom. The van der Waals surface area contributed by atoms with E-state index in [1.807, 2.05) is 12.4 Å². The molecular weight excluding hydrogens is 248 g/mol. The van der Waals surface area contributed by atoms with Crippen molar-refractivity contribution in [2.75, 3.05) is 13.1 Å². The Morgan fingerprint density at radius 1 is 1.15 bits per heavy atom. The number of ether oxygens (including phenoxy) is 1. The molecule has 1 saturated carbocycles. The SMILES string of the molecule is c1cc(CCNCC2CCC3(CCCCC3)O2)ccn1. The highest BCUT2D eigenvalue weighted by Gasteiger charge is 2.40. The van der Waals surface area contributed by atoms with E-state index in [2.05, 4.69) is 22.4 Å². The molecule has 0 aromatic carbocycles. The molecule has 1 N–H and O–H groups in total. The molecule has 2 aliphatic rings. The number of rotatable bonds is 5. The Bertz CT molecular complexity index is 401. The van der Waals surface area contributed by atoms with Crippen LogP contribution in [0.15, 0.2) is 24.5 Å². The summed E-state index contributed by atoms with van der Waals surface area (Å²) in [6, 6.07) is 4.18. The van der Waals surface area contributed by atoms with Gasteiger partial charge in [-0.2, -0.15) is 0 Å². The lowest BCUT2D eigenvalue weighted by molar-refractivity contribution is -0.0622. The minimum absolute atomic E-state index is 0.260. The van der Waals surface area contributed by atoms with Gasteiger partial charge in [0.2, 0.25) is 0 Å². The van der Waals surface area contributed by atoms with Crippen LogP contribution in [0.1, 0.15) is 50.5 Å². The molecule has 1 aromatic rings. The first kappa shape index (κ1) is 14.0. The average Bonchev–Trinajstić information content (AvgIpc) is 2.88. The second-order valence-corrected chi connectivity index (χ2v) is 6.33. The highest BCUT2D eigenvalue weighted by Crippen LogP contribution is 2.41. The molecule has 1 aromatic heterocycles. The molecule has 1 aliphatic heterocycles. The second-order valence-electron chi connectivity index (χ2n) is 6.33. The maximum absolute atomic E-state index is 6.37. The average molecular weight is 274 g/mol. The minimum Gasteiger partial charge on any atom is -0.370 e. The molecule has 3 nitrogen and oxygen atoms in total. The molecule has 1 spiro atoms. The first-order valence-electron chi connectivity index (χ1n) is 8.14. The molecule has 1 unspecified atom stereocenters. The summed E-state index contributed by atoms with van der Waals surface area (Å²) in [5.74, 6) is 0. The molecule has 0 radical (unpaired) electrons. The van der Waals surface area contributed by atoms with Crippen LogP contribution in [0.4, 0.5) is 0 Å². The van der Waals surface area contributed by atoms with Crippen LogP contribution < -0.4 is 5.32 Å². The third-order valence-electron chi connectivity index (χ3n) is 4.82. The molecule has 1 saturated heterocycles. The van der Waals surface area contributed by atoms with Gasteiger partial charge in [0, 0.05) is 18.9 Å². The second kappa shape index (κ2) is 6.68. The Hall–Kier alpha value is -0.930. The van der Waals surface area contributed by atoms with Gasteiger partial charge in [0.1, 0.15) is 0 Å². The van der Waals surface area contributed by atoms with Gasteiger partial charge in [0.25, 0.3) is 0 Å². The fourth-order valence-corrected chi connectivity index (χ4v) is 3.65. The summed E-state index contributed by atoms with van der Waals surface area (Å²) >= 11 is 0. The van der Waals surface area contributed by atoms with Crippen molar-refractivity contribution < 1.29 is 4.74 Å². The van der Waals surface area contributed by atoms with Gasteiger partial charge in [-0.05, 0) is 56.3 Å². The summed E-state index contributed by atoms with van der Waals surface area (Å²) in [7, 11) is 0. The predicted molar refractivity (Wildman–Crippen MR) is 80.7 cm³/mol. The van der Waals surface area contributed by atoms with Gasteiger partial charge in [-0.3, -0.25) is 4.98 Å². The van der Waals surface area contributed by atoms with Crippen molar-refractivity contribution in [2.24, 2.45) is 0 Å². The summed E-state index contributed by atoms with van der Waals surface area (Å²) < 4.78 is 6.37. The van der Waals surface area contributed by atoms with E-state index in [0.29, 0.717) is 6.10 Å². The molecule has 20 heavy (non-hydrogen) atoms. The van der Waals surface area contributed by atoms with Crippen molar-refractivity contribution in [1.82, 2.24) is 10.3 Å². The van der Waals surface area contributed by atoms with Crippen molar-refractivity contribution in [3.63, 3.8) is 0 Å². The van der Waals surface area contributed by atoms with Crippen LogP contribution in [0.2, 0.25) is 0 Å². The van der Waals surface area contributed by atoms with Crippen LogP contribution in [0.25, 0.3) is 0 Å². The van der Waals surface area contributed by atoms with E-state index < -0.39 is 0 Å². The van der Waals surface area contributed by atoms with Gasteiger partial charge in [-0.25, -0.2) is 0 Å². The van der Waals surface area contributed by atoms with Crippen molar-refractivity contribution in [1.29, 1.82) is 0 Å². The molecular formula is C17H26N2O. The molecule has 0 bridgehead atoms. The van der Waals surface area contributed by atoms with E-state index >= 15 is 0 Å². The largest absolute Gasteiger partial charge is 0.370 e. The first-order valence-corrected chi connectivity index (χ1v) is 8.14. The summed E-state index contributed by atoms with van der Waals surface area (Å²) in [5, 5.41) is 3.55. The van der Waals surface area contributed by atoms with Crippen molar-refractivity contribution in [3.8, 4) is 0 Å². The van der Waals surface area contributed by atoms with E-state index in [1.165, 1.54) is 50.5 Å². The van der Waals surface area contributed by atoms with E-state index in [9.17, 15) is 0 Å². The van der Waals surface area contributed by atoms with Crippen LogP contribution in [-0.4, -0.2) is 29.8 Å². The van der Waals surface area contributed by atoms with Crippen LogP contribution in [-0.2, 0) is 11.2 Å². The Labute approximate surface area is 122 Å². The summed E-state index contributed by atoms with van der Waals surface area (Å²) in [6.07, 6.45) is 14.5. The van der Waals surface area contributed by atoms with Crippen LogP contribution in [0, 0.1) is 0 Å². The number of hydrogen-bond donors (Lipinski definition) is 1. The van der Waals surface area contributed by atoms with Gasteiger partial charge < -0.3 is 10.1 Å². The Balaban J connectivity index is 1.35. The summed E-state index contributed by atoms with van der Waals surface area (Å²) in [4.78, 5) is 4.04. The molecule has 2 fully saturated rings. The number of nitrogens with zero attached hydrogens (tertiary/aromatic N) is 1. The van der Waals surface area contributed by atoms with E-state index in [-0.39, 0.29) is 5.60 Å². The van der Waals surface area contributed by atoms with E-state index in [4.69, 9.17) is 4.74 Å². The maximum atomic E-state index is 6.37. The minimum atomic E-state index is 0.260. The zero-order valence-electron chi connectivity index (χ0n) is 12.3. The molecule has 3 rings (SSSR count). The maximum Gasteiger partial charge on any atom is 0.0708 e. The van der Waals surface area contributed by atoms with Crippen LogP contribution >= 0.6 is 0 Å². The van der Waals surface area contributed by atoms with Crippen LogP contribution in [0.5, 0.6) is 0 Å². The van der Waals surface area contributed by atoms with E-state index in [0.717, 1.165) is 19.5 Å². The molecule has 1 aliphatic carbocycles. The number of aromatic nitrogens is 1. The van der Waals surface area contributed by atoms with Gasteiger partial charge in [-0.15, -0.1) is 0 Å². The fraction of sp³-hybridized carbons (Fsp3) is 0.706. The van der Waals surface area contributed by atoms with Gasteiger partial charge in [-0.1, -0.05) is 19.3 Å². The highest BCUT2D eigenvalue weighted by molar-refractivity contribution is 5.09. The lowest BCUT2D eigenvalue weighted by atomic mass is 9.83. The number of pyridine rings is 1. The normalized spacial score (nSPS) is 25.1. The zero-order chi connectivity index (χ0) is 13.7. The van der Waals surface area contributed by atoms with E-state index in [1.54, 1.807) is 0 Å². The molecule has 1 atom stereocenters. The topological polar surface area (TPSA) is 34.1 Å². The third kappa shape index (κ3) is 3.58. The lowest BCUT2D eigenvalue weighted by Crippen LogP contribution is -2.35. The highest BCUT2D eigenvalue weighted by atomic mass is 16.5. The molecule has 3 heteroatoms. The smallest absolute Gasteiger partial charge is 0.0708 e. The van der Waals surface area contributed by atoms with Crippen molar-refractivity contribution >= 4 is 0 Å². The van der Waals surface area contributed by atoms with Crippen molar-refractivity contribution in [3.05, 3.63) is 30.1 Å². The summed E-state index contributed by atoms with van der Waals surface area (Å²) in [6.45, 7) is 2.03. The van der Waals surface area contributed by atoms with Gasteiger partial charge in [0.05, 0.1) is 11.7 Å². The number of hydrogen-bond acceptors (Lipinski definition) is 3. The van der Waals surface area contributed by atoms with Gasteiger partial charge >= 0.3 is 0 Å². The standard InChI is InChI=1S/C17H26N2O/c1-2-8-17(9-3-1)10-4-16(20-17)14-19-13-7-15-5-11-18-12-6-15/h5-6,11-12,16,19H,1-4,7-10,13-14H2.